The van der Waals surface area contributed by atoms with Gasteiger partial charge in [-0.05, 0) is 48.0 Å². The molecule has 3 aromatic carbocycles. The van der Waals surface area contributed by atoms with E-state index in [0.29, 0.717) is 13.2 Å². The maximum Gasteiger partial charge on any atom is 0.673 e. The third kappa shape index (κ3) is 8.41. The Balaban J connectivity index is 0.000000771. The Morgan fingerprint density at radius 2 is 1.18 bits per heavy atom. The van der Waals surface area contributed by atoms with Gasteiger partial charge in [-0.2, -0.15) is 0 Å². The summed E-state index contributed by atoms with van der Waals surface area (Å²) in [4.78, 5) is 0. The Bertz CT molecular complexity index is 1330. The quantitative estimate of drug-likeness (QED) is 0.104. The average molecular weight is 708 g/mol. The standard InChI is InChI=1S/C27H28IO3P2S.BF4/c1-3-30-33(29,31-4-2)27(28-23-15-8-5-9-16-23)32(26-21-14-22-34-26,24-17-10-6-11-18-24)25-19-12-7-13-20-25;2-1(3,4)5/h5-22H,3-4H2,1-2H3;/q+1;-1. The third-order valence-corrected chi connectivity index (χ3v) is 20.7. The number of rotatable bonds is 10. The summed E-state index contributed by atoms with van der Waals surface area (Å²) in [6.45, 7) is 1.94. The summed E-state index contributed by atoms with van der Waals surface area (Å²) in [6, 6.07) is 35.8. The van der Waals surface area contributed by atoms with Crippen LogP contribution in [0.25, 0.3) is 0 Å². The molecule has 0 radical (unpaired) electrons. The van der Waals surface area contributed by atoms with Crippen molar-refractivity contribution in [3.05, 3.63) is 112 Å². The molecule has 0 bridgehead atoms. The van der Waals surface area contributed by atoms with Crippen molar-refractivity contribution in [2.24, 2.45) is 0 Å². The fourth-order valence-electron chi connectivity index (χ4n) is 3.83. The van der Waals surface area contributed by atoms with E-state index in [-0.39, 0.29) is 0 Å². The van der Waals surface area contributed by atoms with E-state index in [9.17, 15) is 21.8 Å². The van der Waals surface area contributed by atoms with Crippen molar-refractivity contribution in [3.63, 3.8) is 0 Å². The predicted molar refractivity (Wildman–Crippen MR) is 154 cm³/mol. The summed E-state index contributed by atoms with van der Waals surface area (Å²) < 4.78 is 69.4. The molecule has 0 fully saturated rings. The predicted octanol–water partition coefficient (Wildman–Crippen LogP) is 4.65. The van der Waals surface area contributed by atoms with Crippen molar-refractivity contribution in [2.45, 2.75) is 13.8 Å². The van der Waals surface area contributed by atoms with E-state index in [1.807, 2.05) is 32.0 Å². The lowest BCUT2D eigenvalue weighted by molar-refractivity contribution is -0.499. The lowest BCUT2D eigenvalue weighted by Crippen LogP contribution is -3.64. The molecule has 3 nitrogen and oxygen atoms in total. The van der Waals surface area contributed by atoms with Gasteiger partial charge in [-0.15, -0.1) is 11.3 Å². The summed E-state index contributed by atoms with van der Waals surface area (Å²) in [6.07, 6.45) is 0. The lowest BCUT2D eigenvalue weighted by Gasteiger charge is -2.28. The van der Waals surface area contributed by atoms with Crippen LogP contribution in [-0.4, -0.2) is 23.5 Å². The van der Waals surface area contributed by atoms with E-state index < -0.39 is 42.9 Å². The molecule has 4 rings (SSSR count). The highest BCUT2D eigenvalue weighted by Gasteiger charge is 2.51. The van der Waals surface area contributed by atoms with Gasteiger partial charge in [0.15, 0.2) is 3.57 Å². The Labute approximate surface area is 241 Å². The molecule has 0 aliphatic heterocycles. The Morgan fingerprint density at radius 3 is 1.56 bits per heavy atom. The smallest absolute Gasteiger partial charge is 0.418 e. The molecule has 1 heterocycles. The Hall–Kier alpha value is -1.68. The fourth-order valence-corrected chi connectivity index (χ4v) is 21.6. The molecule has 39 heavy (non-hydrogen) atoms. The van der Waals surface area contributed by atoms with Gasteiger partial charge in [0.05, 0.1) is 20.1 Å². The number of hydrogen-bond donors (Lipinski definition) is 0. The molecule has 0 N–H and O–H groups in total. The van der Waals surface area contributed by atoms with Crippen LogP contribution < -0.4 is 36.4 Å². The van der Waals surface area contributed by atoms with E-state index in [4.69, 9.17) is 9.05 Å². The third-order valence-electron chi connectivity index (χ3n) is 5.15. The highest BCUT2D eigenvalue weighted by molar-refractivity contribution is 8.07. The van der Waals surface area contributed by atoms with Crippen molar-refractivity contribution < 1.29 is 52.1 Å². The normalized spacial score (nSPS) is 11.9. The minimum Gasteiger partial charge on any atom is -0.418 e. The fraction of sp³-hybridized carbons (Fsp3) is 0.148. The van der Waals surface area contributed by atoms with Crippen molar-refractivity contribution in [1.82, 2.24) is 0 Å². The van der Waals surface area contributed by atoms with Gasteiger partial charge < -0.3 is 26.3 Å². The van der Waals surface area contributed by atoms with Crippen LogP contribution in [0.4, 0.5) is 17.3 Å². The molecule has 0 aliphatic carbocycles. The van der Waals surface area contributed by atoms with Crippen LogP contribution in [0.15, 0.2) is 109 Å². The largest absolute Gasteiger partial charge is 0.673 e. The molecule has 0 atom stereocenters. The molecule has 0 aliphatic rings. The molecule has 4 aromatic rings. The number of hydrogen-bond acceptors (Lipinski definition) is 4. The zero-order valence-electron chi connectivity index (χ0n) is 21.3. The Morgan fingerprint density at radius 1 is 0.744 bits per heavy atom. The molecule has 0 spiro atoms. The van der Waals surface area contributed by atoms with Crippen molar-refractivity contribution in [1.29, 1.82) is 0 Å². The zero-order valence-corrected chi connectivity index (χ0v) is 26.1. The van der Waals surface area contributed by atoms with Gasteiger partial charge >= 0.3 is 36.1 Å². The monoisotopic (exact) mass is 708 g/mol. The van der Waals surface area contributed by atoms with Crippen molar-refractivity contribution >= 4 is 51.3 Å². The van der Waals surface area contributed by atoms with Crippen molar-refractivity contribution in [2.75, 3.05) is 13.2 Å². The van der Waals surface area contributed by atoms with Gasteiger partial charge in [0.2, 0.25) is 0 Å². The first-order valence-electron chi connectivity index (χ1n) is 12.0. The van der Waals surface area contributed by atoms with E-state index in [1.54, 1.807) is 11.3 Å². The maximum atomic E-state index is 14.8. The average Bonchev–Trinajstić information content (AvgIpc) is 3.45. The summed E-state index contributed by atoms with van der Waals surface area (Å²) >= 11 is 0.882. The van der Waals surface area contributed by atoms with Crippen LogP contribution in [0.5, 0.6) is 0 Å². The highest BCUT2D eigenvalue weighted by Crippen LogP contribution is 2.58. The van der Waals surface area contributed by atoms with Crippen LogP contribution >= 0.6 is 25.8 Å². The topological polar surface area (TPSA) is 35.5 Å². The molecule has 1 aromatic heterocycles. The van der Waals surface area contributed by atoms with Gasteiger partial charge in [0.25, 0.3) is 3.04 Å². The van der Waals surface area contributed by atoms with Gasteiger partial charge in [-0.1, -0.05) is 84.9 Å². The second-order valence-electron chi connectivity index (χ2n) is 7.78. The highest BCUT2D eigenvalue weighted by atomic mass is 127. The maximum absolute atomic E-state index is 14.8. The molecule has 12 heteroatoms. The number of halogens is 5. The summed E-state index contributed by atoms with van der Waals surface area (Å²) in [5.74, 6) is 0. The summed E-state index contributed by atoms with van der Waals surface area (Å²) in [7, 11) is -9.57. The lowest BCUT2D eigenvalue weighted by atomic mass is 10.3. The van der Waals surface area contributed by atoms with E-state index in [1.165, 1.54) is 18.8 Å². The first-order valence-corrected chi connectivity index (χ1v) is 18.4. The van der Waals surface area contributed by atoms with Crippen LogP contribution in [0, 0.1) is 3.57 Å². The van der Waals surface area contributed by atoms with E-state index in [0.717, 1.165) is 3.04 Å². The minimum absolute atomic E-state index is 0.327. The Kier molecular flexibility index (Phi) is 12.1. The van der Waals surface area contributed by atoms with Gasteiger partial charge in [-0.25, -0.2) is 0 Å². The molecular weight excluding hydrogens is 680 g/mol. The molecule has 0 saturated carbocycles. The van der Waals surface area contributed by atoms with E-state index >= 15 is 0 Å². The summed E-state index contributed by atoms with van der Waals surface area (Å²) in [5, 5.41) is 4.46. The zero-order chi connectivity index (χ0) is 28.4. The van der Waals surface area contributed by atoms with E-state index in [2.05, 4.69) is 90.3 Å². The first-order chi connectivity index (χ1) is 18.6. The van der Waals surface area contributed by atoms with Crippen LogP contribution in [-0.2, 0) is 13.6 Å². The molecule has 208 valence electrons. The van der Waals surface area contributed by atoms with Crippen molar-refractivity contribution in [3.8, 4) is 0 Å². The second kappa shape index (κ2) is 14.8. The van der Waals surface area contributed by atoms with Crippen LogP contribution in [0.1, 0.15) is 13.8 Å². The van der Waals surface area contributed by atoms with Crippen LogP contribution in [0.2, 0.25) is 0 Å². The second-order valence-corrected chi connectivity index (χ2v) is 19.2. The number of benzene rings is 3. The molecule has 0 saturated heterocycles. The first kappa shape index (κ1) is 31.8. The molecule has 0 amide bonds. The summed E-state index contributed by atoms with van der Waals surface area (Å²) in [5.41, 5.74) is 0. The molecule has 0 unspecified atom stereocenters. The van der Waals surface area contributed by atoms with Crippen LogP contribution in [0.3, 0.4) is 0 Å². The van der Waals surface area contributed by atoms with Gasteiger partial charge in [0.1, 0.15) is 0 Å². The van der Waals surface area contributed by atoms with Gasteiger partial charge in [0, 0.05) is 4.62 Å². The molecular formula is C27H28BF4IO3P2S. The number of thiophene rings is 1. The minimum atomic E-state index is -6.00. The SMILES string of the molecule is CCOP(=O)(OCC)C([I+]c1ccccc1)=P(c1ccccc1)(c1ccccc1)c1cccs1.F[B-](F)(F)F. The van der Waals surface area contributed by atoms with Gasteiger partial charge in [-0.3, -0.25) is 4.57 Å².